The zero-order valence-electron chi connectivity index (χ0n) is 15.5. The lowest BCUT2D eigenvalue weighted by molar-refractivity contribution is -0.120. The molecule has 0 saturated heterocycles. The van der Waals surface area contributed by atoms with Gasteiger partial charge >= 0.3 is 0 Å². The van der Waals surface area contributed by atoms with Crippen molar-refractivity contribution < 1.29 is 9.53 Å². The smallest absolute Gasteiger partial charge is 0.226 e. The first-order chi connectivity index (χ1) is 13.2. The van der Waals surface area contributed by atoms with Crippen LogP contribution in [0.15, 0.2) is 60.0 Å². The summed E-state index contributed by atoms with van der Waals surface area (Å²) < 4.78 is 5.77. The standard InChI is InChI=1S/C22H24N2O2S/c1-2-17-8-10-20(11-9-17)26-15-22-24-19(16-27-22)14-21(25)23-13-12-18-6-4-3-5-7-18/h3-11,16H,2,12-15H2,1H3,(H,23,25). The van der Waals surface area contributed by atoms with E-state index in [-0.39, 0.29) is 5.91 Å². The van der Waals surface area contributed by atoms with Crippen LogP contribution in [0.3, 0.4) is 0 Å². The molecule has 0 unspecified atom stereocenters. The van der Waals surface area contributed by atoms with Crippen molar-refractivity contribution in [3.8, 4) is 5.75 Å². The maximum Gasteiger partial charge on any atom is 0.226 e. The van der Waals surface area contributed by atoms with Gasteiger partial charge in [0.05, 0.1) is 12.1 Å². The quantitative estimate of drug-likeness (QED) is 0.606. The monoisotopic (exact) mass is 380 g/mol. The summed E-state index contributed by atoms with van der Waals surface area (Å²) >= 11 is 1.52. The van der Waals surface area contributed by atoms with E-state index >= 15 is 0 Å². The van der Waals surface area contributed by atoms with Crippen LogP contribution in [0.4, 0.5) is 0 Å². The number of carbonyl (C=O) groups is 1. The molecule has 3 rings (SSSR count). The lowest BCUT2D eigenvalue weighted by atomic mass is 10.1. The summed E-state index contributed by atoms with van der Waals surface area (Å²) in [4.78, 5) is 16.6. The number of hydrogen-bond donors (Lipinski definition) is 1. The highest BCUT2D eigenvalue weighted by molar-refractivity contribution is 7.09. The van der Waals surface area contributed by atoms with Crippen molar-refractivity contribution in [2.24, 2.45) is 0 Å². The van der Waals surface area contributed by atoms with Gasteiger partial charge in [-0.05, 0) is 36.1 Å². The van der Waals surface area contributed by atoms with Gasteiger partial charge in [0, 0.05) is 11.9 Å². The third-order valence-electron chi connectivity index (χ3n) is 4.21. The summed E-state index contributed by atoms with van der Waals surface area (Å²) in [6.45, 7) is 3.19. The van der Waals surface area contributed by atoms with Crippen molar-refractivity contribution in [3.05, 3.63) is 81.8 Å². The molecule has 0 spiro atoms. The number of amides is 1. The number of ether oxygens (including phenoxy) is 1. The lowest BCUT2D eigenvalue weighted by Crippen LogP contribution is -2.27. The van der Waals surface area contributed by atoms with Crippen LogP contribution in [-0.2, 0) is 30.7 Å². The highest BCUT2D eigenvalue weighted by Gasteiger charge is 2.08. The highest BCUT2D eigenvalue weighted by Crippen LogP contribution is 2.17. The second-order valence-corrected chi connectivity index (χ2v) is 7.22. The maximum atomic E-state index is 12.1. The number of thiazole rings is 1. The predicted molar refractivity (Wildman–Crippen MR) is 109 cm³/mol. The number of hydrogen-bond acceptors (Lipinski definition) is 4. The van der Waals surface area contributed by atoms with Gasteiger partial charge in [-0.15, -0.1) is 11.3 Å². The Balaban J connectivity index is 1.41. The Bertz CT molecular complexity index is 844. The van der Waals surface area contributed by atoms with Crippen LogP contribution in [0.2, 0.25) is 0 Å². The largest absolute Gasteiger partial charge is 0.486 e. The molecule has 1 amide bonds. The van der Waals surface area contributed by atoms with Crippen molar-refractivity contribution in [3.63, 3.8) is 0 Å². The molecule has 1 N–H and O–H groups in total. The molecule has 4 nitrogen and oxygen atoms in total. The number of rotatable bonds is 9. The SMILES string of the molecule is CCc1ccc(OCc2nc(CC(=O)NCCc3ccccc3)cs2)cc1. The summed E-state index contributed by atoms with van der Waals surface area (Å²) in [7, 11) is 0. The van der Waals surface area contributed by atoms with E-state index in [1.807, 2.05) is 35.7 Å². The molecular formula is C22H24N2O2S. The van der Waals surface area contributed by atoms with Gasteiger partial charge in [-0.3, -0.25) is 4.79 Å². The Morgan fingerprint density at radius 1 is 1.07 bits per heavy atom. The summed E-state index contributed by atoms with van der Waals surface area (Å²) in [5.41, 5.74) is 3.30. The average Bonchev–Trinajstić information content (AvgIpc) is 3.15. The van der Waals surface area contributed by atoms with Gasteiger partial charge in [0.1, 0.15) is 17.4 Å². The fourth-order valence-electron chi connectivity index (χ4n) is 2.68. The number of aryl methyl sites for hydroxylation is 1. The van der Waals surface area contributed by atoms with E-state index < -0.39 is 0 Å². The number of nitrogens with zero attached hydrogens (tertiary/aromatic N) is 1. The van der Waals surface area contributed by atoms with Crippen LogP contribution in [0.5, 0.6) is 5.75 Å². The van der Waals surface area contributed by atoms with E-state index in [4.69, 9.17) is 4.74 Å². The summed E-state index contributed by atoms with van der Waals surface area (Å²) in [6.07, 6.45) is 2.15. The van der Waals surface area contributed by atoms with Crippen LogP contribution in [0.25, 0.3) is 0 Å². The van der Waals surface area contributed by atoms with Crippen molar-refractivity contribution in [2.75, 3.05) is 6.54 Å². The minimum Gasteiger partial charge on any atom is -0.486 e. The van der Waals surface area contributed by atoms with Crippen molar-refractivity contribution in [1.29, 1.82) is 0 Å². The van der Waals surface area contributed by atoms with E-state index in [2.05, 4.69) is 41.5 Å². The molecule has 0 radical (unpaired) electrons. The molecule has 3 aromatic rings. The second-order valence-electron chi connectivity index (χ2n) is 6.28. The van der Waals surface area contributed by atoms with E-state index in [1.54, 1.807) is 0 Å². The minimum absolute atomic E-state index is 0.00106. The fourth-order valence-corrected chi connectivity index (χ4v) is 3.39. The number of benzene rings is 2. The van der Waals surface area contributed by atoms with Gasteiger partial charge < -0.3 is 10.1 Å². The average molecular weight is 381 g/mol. The van der Waals surface area contributed by atoms with Crippen molar-refractivity contribution >= 4 is 17.2 Å². The van der Waals surface area contributed by atoms with Gasteiger partial charge in [-0.2, -0.15) is 0 Å². The van der Waals surface area contributed by atoms with Crippen LogP contribution in [0, 0.1) is 0 Å². The molecule has 140 valence electrons. The first kappa shape index (κ1) is 19.1. The number of carbonyl (C=O) groups excluding carboxylic acids is 1. The Morgan fingerprint density at radius 2 is 1.85 bits per heavy atom. The predicted octanol–water partition coefficient (Wildman–Crippen LogP) is 4.19. The fraction of sp³-hybridized carbons (Fsp3) is 0.273. The first-order valence-electron chi connectivity index (χ1n) is 9.18. The second kappa shape index (κ2) is 9.88. The summed E-state index contributed by atoms with van der Waals surface area (Å²) in [5, 5.41) is 5.75. The van der Waals surface area contributed by atoms with Gasteiger partial charge in [0.15, 0.2) is 0 Å². The van der Waals surface area contributed by atoms with E-state index in [9.17, 15) is 4.79 Å². The molecular weight excluding hydrogens is 356 g/mol. The molecule has 0 saturated carbocycles. The zero-order chi connectivity index (χ0) is 18.9. The van der Waals surface area contributed by atoms with Crippen LogP contribution in [-0.4, -0.2) is 17.4 Å². The van der Waals surface area contributed by atoms with Crippen LogP contribution >= 0.6 is 11.3 Å². The Hall–Kier alpha value is -2.66. The third-order valence-corrected chi connectivity index (χ3v) is 5.08. The number of aromatic nitrogens is 1. The minimum atomic E-state index is -0.00106. The topological polar surface area (TPSA) is 51.2 Å². The highest BCUT2D eigenvalue weighted by atomic mass is 32.1. The third kappa shape index (κ3) is 6.22. The lowest BCUT2D eigenvalue weighted by Gasteiger charge is -2.05. The normalized spacial score (nSPS) is 10.6. The zero-order valence-corrected chi connectivity index (χ0v) is 16.3. The van der Waals surface area contributed by atoms with Crippen LogP contribution < -0.4 is 10.1 Å². The molecule has 1 heterocycles. The van der Waals surface area contributed by atoms with Gasteiger partial charge in [0.25, 0.3) is 0 Å². The Labute approximate surface area is 164 Å². The summed E-state index contributed by atoms with van der Waals surface area (Å²) in [6, 6.07) is 18.2. The van der Waals surface area contributed by atoms with E-state index in [0.29, 0.717) is 19.6 Å². The van der Waals surface area contributed by atoms with Crippen LogP contribution in [0.1, 0.15) is 28.8 Å². The Kier molecular flexibility index (Phi) is 6.99. The molecule has 1 aromatic heterocycles. The Morgan fingerprint density at radius 3 is 2.59 bits per heavy atom. The number of nitrogens with one attached hydrogen (secondary N) is 1. The molecule has 2 aromatic carbocycles. The van der Waals surface area contributed by atoms with Gasteiger partial charge in [-0.1, -0.05) is 49.4 Å². The molecule has 0 atom stereocenters. The molecule has 27 heavy (non-hydrogen) atoms. The van der Waals surface area contributed by atoms with Crippen molar-refractivity contribution in [1.82, 2.24) is 10.3 Å². The molecule has 0 fully saturated rings. The molecule has 0 aliphatic carbocycles. The molecule has 0 bridgehead atoms. The van der Waals surface area contributed by atoms with Gasteiger partial charge in [0.2, 0.25) is 5.91 Å². The summed E-state index contributed by atoms with van der Waals surface area (Å²) in [5.74, 6) is 0.835. The van der Waals surface area contributed by atoms with Gasteiger partial charge in [-0.25, -0.2) is 4.98 Å². The first-order valence-corrected chi connectivity index (χ1v) is 10.1. The van der Waals surface area contributed by atoms with Crippen molar-refractivity contribution in [2.45, 2.75) is 32.8 Å². The molecule has 5 heteroatoms. The van der Waals surface area contributed by atoms with E-state index in [1.165, 1.54) is 22.5 Å². The molecule has 0 aliphatic rings. The molecule has 0 aliphatic heterocycles. The maximum absolute atomic E-state index is 12.1. The van der Waals surface area contributed by atoms with E-state index in [0.717, 1.165) is 29.3 Å².